The van der Waals surface area contributed by atoms with Gasteiger partial charge in [0.15, 0.2) is 5.82 Å². The monoisotopic (exact) mass is 345 g/mol. The van der Waals surface area contributed by atoms with Crippen LogP contribution in [0.2, 0.25) is 0 Å². The topological polar surface area (TPSA) is 109 Å². The molecule has 0 saturated carbocycles. The molecule has 0 atom stereocenters. The Balaban J connectivity index is 1.85. The molecule has 3 aromatic rings. The van der Waals surface area contributed by atoms with Gasteiger partial charge in [-0.3, -0.25) is 4.79 Å². The SMILES string of the molecule is C=CNc1ccnc(-n2ncc(NC(=O)c3ccnc(C#N)c3)c2C)c1. The fraction of sp³-hybridized carbons (Fsp3) is 0.0556. The third kappa shape index (κ3) is 3.42. The standard InChI is InChI=1S/C18H15N7O/c1-3-20-14-5-7-22-17(9-14)25-12(2)16(11-23-25)24-18(26)13-4-6-21-15(8-13)10-19/h3-9,11H,1H2,2H3,(H,20,22)(H,24,26). The van der Waals surface area contributed by atoms with E-state index in [9.17, 15) is 4.79 Å². The highest BCUT2D eigenvalue weighted by atomic mass is 16.1. The van der Waals surface area contributed by atoms with Crippen LogP contribution in [0.25, 0.3) is 5.82 Å². The number of nitrogens with one attached hydrogen (secondary N) is 2. The third-order valence-corrected chi connectivity index (χ3v) is 3.63. The molecule has 0 saturated heterocycles. The molecule has 0 aliphatic rings. The number of pyridine rings is 2. The Kier molecular flexibility index (Phi) is 4.71. The summed E-state index contributed by atoms with van der Waals surface area (Å²) in [5.41, 5.74) is 2.62. The van der Waals surface area contributed by atoms with Crippen LogP contribution >= 0.6 is 0 Å². The highest BCUT2D eigenvalue weighted by molar-refractivity contribution is 6.04. The number of aromatic nitrogens is 4. The molecule has 128 valence electrons. The number of hydrogen-bond donors (Lipinski definition) is 2. The second-order valence-corrected chi connectivity index (χ2v) is 5.30. The quantitative estimate of drug-likeness (QED) is 0.736. The van der Waals surface area contributed by atoms with E-state index in [1.54, 1.807) is 29.3 Å². The van der Waals surface area contributed by atoms with Crippen molar-refractivity contribution >= 4 is 17.3 Å². The van der Waals surface area contributed by atoms with E-state index in [2.05, 4.69) is 32.3 Å². The van der Waals surface area contributed by atoms with E-state index in [0.29, 0.717) is 17.1 Å². The van der Waals surface area contributed by atoms with E-state index in [1.807, 2.05) is 25.1 Å². The van der Waals surface area contributed by atoms with Gasteiger partial charge in [0.05, 0.1) is 17.6 Å². The molecule has 0 aliphatic carbocycles. The fourth-order valence-electron chi connectivity index (χ4n) is 2.33. The zero-order chi connectivity index (χ0) is 18.5. The maximum atomic E-state index is 12.4. The second-order valence-electron chi connectivity index (χ2n) is 5.30. The maximum absolute atomic E-state index is 12.4. The van der Waals surface area contributed by atoms with Gasteiger partial charge in [0.1, 0.15) is 11.8 Å². The highest BCUT2D eigenvalue weighted by Gasteiger charge is 2.14. The van der Waals surface area contributed by atoms with Crippen molar-refractivity contribution in [3.05, 3.63) is 72.6 Å². The number of amides is 1. The van der Waals surface area contributed by atoms with Gasteiger partial charge in [0.2, 0.25) is 0 Å². The number of nitriles is 1. The number of carbonyl (C=O) groups is 1. The summed E-state index contributed by atoms with van der Waals surface area (Å²) in [5.74, 6) is 0.257. The van der Waals surface area contributed by atoms with Crippen LogP contribution in [0, 0.1) is 18.3 Å². The van der Waals surface area contributed by atoms with Gasteiger partial charge in [-0.1, -0.05) is 6.58 Å². The minimum atomic E-state index is -0.346. The van der Waals surface area contributed by atoms with Crippen molar-refractivity contribution in [3.8, 4) is 11.9 Å². The average molecular weight is 345 g/mol. The summed E-state index contributed by atoms with van der Waals surface area (Å²) < 4.78 is 1.62. The number of rotatable bonds is 5. The fourth-order valence-corrected chi connectivity index (χ4v) is 2.33. The summed E-state index contributed by atoms with van der Waals surface area (Å²) in [6.45, 7) is 5.45. The van der Waals surface area contributed by atoms with Crippen molar-refractivity contribution in [2.45, 2.75) is 6.92 Å². The first kappa shape index (κ1) is 16.9. The van der Waals surface area contributed by atoms with Crippen molar-refractivity contribution < 1.29 is 4.79 Å². The van der Waals surface area contributed by atoms with Crippen molar-refractivity contribution in [3.63, 3.8) is 0 Å². The van der Waals surface area contributed by atoms with Gasteiger partial charge in [-0.15, -0.1) is 0 Å². The summed E-state index contributed by atoms with van der Waals surface area (Å²) >= 11 is 0. The van der Waals surface area contributed by atoms with Gasteiger partial charge in [-0.25, -0.2) is 14.6 Å². The molecule has 8 nitrogen and oxygen atoms in total. The van der Waals surface area contributed by atoms with E-state index in [1.165, 1.54) is 12.3 Å². The molecule has 26 heavy (non-hydrogen) atoms. The zero-order valence-electron chi connectivity index (χ0n) is 14.0. The largest absolute Gasteiger partial charge is 0.362 e. The van der Waals surface area contributed by atoms with Crippen molar-refractivity contribution in [2.24, 2.45) is 0 Å². The lowest BCUT2D eigenvalue weighted by Gasteiger charge is -2.08. The highest BCUT2D eigenvalue weighted by Crippen LogP contribution is 2.20. The Hall–Kier alpha value is -3.99. The van der Waals surface area contributed by atoms with Crippen LogP contribution in [0.1, 0.15) is 21.7 Å². The lowest BCUT2D eigenvalue weighted by atomic mass is 10.2. The average Bonchev–Trinajstić information content (AvgIpc) is 3.02. The second kappa shape index (κ2) is 7.27. The molecule has 1 amide bonds. The molecule has 0 fully saturated rings. The predicted molar refractivity (Wildman–Crippen MR) is 96.8 cm³/mol. The van der Waals surface area contributed by atoms with Gasteiger partial charge in [0.25, 0.3) is 5.91 Å². The smallest absolute Gasteiger partial charge is 0.255 e. The molecular formula is C18H15N7O. The van der Waals surface area contributed by atoms with Crippen molar-refractivity contribution in [1.82, 2.24) is 19.7 Å². The molecule has 3 heterocycles. The minimum absolute atomic E-state index is 0.181. The summed E-state index contributed by atoms with van der Waals surface area (Å²) in [4.78, 5) is 20.5. The van der Waals surface area contributed by atoms with Gasteiger partial charge >= 0.3 is 0 Å². The third-order valence-electron chi connectivity index (χ3n) is 3.63. The molecule has 8 heteroatoms. The molecule has 3 rings (SSSR count). The Labute approximate surface area is 149 Å². The summed E-state index contributed by atoms with van der Waals surface area (Å²) in [7, 11) is 0. The molecule has 0 spiro atoms. The number of anilines is 2. The lowest BCUT2D eigenvalue weighted by Crippen LogP contribution is -2.13. The van der Waals surface area contributed by atoms with Crippen LogP contribution in [0.5, 0.6) is 0 Å². The first-order chi connectivity index (χ1) is 12.6. The molecule has 0 unspecified atom stereocenters. The van der Waals surface area contributed by atoms with Crippen molar-refractivity contribution in [2.75, 3.05) is 10.6 Å². The van der Waals surface area contributed by atoms with Crippen LogP contribution in [0.3, 0.4) is 0 Å². The Morgan fingerprint density at radius 3 is 2.88 bits per heavy atom. The van der Waals surface area contributed by atoms with Crippen molar-refractivity contribution in [1.29, 1.82) is 5.26 Å². The molecule has 0 bridgehead atoms. The van der Waals surface area contributed by atoms with Gasteiger partial charge in [0, 0.05) is 29.7 Å². The van der Waals surface area contributed by atoms with Crippen LogP contribution in [0.4, 0.5) is 11.4 Å². The zero-order valence-corrected chi connectivity index (χ0v) is 14.0. The van der Waals surface area contributed by atoms with Crippen LogP contribution < -0.4 is 10.6 Å². The summed E-state index contributed by atoms with van der Waals surface area (Å²) in [5, 5.41) is 19.0. The predicted octanol–water partition coefficient (Wildman–Crippen LogP) is 2.65. The molecule has 0 radical (unpaired) electrons. The molecule has 0 aromatic carbocycles. The Bertz CT molecular complexity index is 1020. The minimum Gasteiger partial charge on any atom is -0.362 e. The summed E-state index contributed by atoms with van der Waals surface area (Å²) in [6, 6.07) is 8.51. The van der Waals surface area contributed by atoms with Crippen LogP contribution in [-0.2, 0) is 0 Å². The van der Waals surface area contributed by atoms with Gasteiger partial charge in [-0.05, 0) is 31.3 Å². The van der Waals surface area contributed by atoms with E-state index >= 15 is 0 Å². The lowest BCUT2D eigenvalue weighted by molar-refractivity contribution is 0.102. The number of carbonyl (C=O) groups excluding carboxylic acids is 1. The maximum Gasteiger partial charge on any atom is 0.255 e. The Morgan fingerprint density at radius 2 is 2.12 bits per heavy atom. The molecule has 2 N–H and O–H groups in total. The van der Waals surface area contributed by atoms with Crippen LogP contribution in [0.15, 0.2) is 55.6 Å². The van der Waals surface area contributed by atoms with Gasteiger partial charge in [-0.2, -0.15) is 10.4 Å². The normalized spacial score (nSPS) is 10.0. The first-order valence-electron chi connectivity index (χ1n) is 7.68. The number of nitrogens with zero attached hydrogens (tertiary/aromatic N) is 5. The molecular weight excluding hydrogens is 330 g/mol. The van der Waals surface area contributed by atoms with E-state index in [0.717, 1.165) is 11.4 Å². The van der Waals surface area contributed by atoms with E-state index < -0.39 is 0 Å². The number of hydrogen-bond acceptors (Lipinski definition) is 6. The molecule has 0 aliphatic heterocycles. The Morgan fingerprint density at radius 1 is 1.31 bits per heavy atom. The van der Waals surface area contributed by atoms with Gasteiger partial charge < -0.3 is 10.6 Å². The first-order valence-corrected chi connectivity index (χ1v) is 7.68. The van der Waals surface area contributed by atoms with E-state index in [4.69, 9.17) is 5.26 Å². The summed E-state index contributed by atoms with van der Waals surface area (Å²) in [6.07, 6.45) is 6.20. The molecule has 3 aromatic heterocycles. The van der Waals surface area contributed by atoms with Crippen LogP contribution in [-0.4, -0.2) is 25.7 Å². The van der Waals surface area contributed by atoms with E-state index in [-0.39, 0.29) is 11.6 Å².